The number of nitrogens with zero attached hydrogens (tertiary/aromatic N) is 3. The fourth-order valence-corrected chi connectivity index (χ4v) is 4.38. The van der Waals surface area contributed by atoms with E-state index in [4.69, 9.17) is 32.9 Å². The van der Waals surface area contributed by atoms with Gasteiger partial charge in [-0.25, -0.2) is 4.98 Å². The maximum absolute atomic E-state index is 13.6. The zero-order valence-electron chi connectivity index (χ0n) is 17.3. The summed E-state index contributed by atoms with van der Waals surface area (Å²) in [6.45, 7) is 4.44. The van der Waals surface area contributed by atoms with Crippen molar-refractivity contribution >= 4 is 52.1 Å². The van der Waals surface area contributed by atoms with E-state index in [0.717, 1.165) is 23.9 Å². The first-order valence-electron chi connectivity index (χ1n) is 10.4. The molecule has 0 radical (unpaired) electrons. The number of carbonyl (C=O) groups is 2. The summed E-state index contributed by atoms with van der Waals surface area (Å²) >= 11 is 12.4. The fraction of sp³-hybridized carbons (Fsp3) is 0.348. The molecule has 0 saturated heterocycles. The van der Waals surface area contributed by atoms with Crippen LogP contribution in [0.15, 0.2) is 42.5 Å². The molecule has 2 atom stereocenters. The van der Waals surface area contributed by atoms with Crippen molar-refractivity contribution in [2.75, 3.05) is 18.1 Å². The fourth-order valence-electron chi connectivity index (χ4n) is 4.07. The molecule has 0 fully saturated rings. The smallest absolute Gasteiger partial charge is 0.321 e. The van der Waals surface area contributed by atoms with E-state index in [1.54, 1.807) is 30.0 Å². The van der Waals surface area contributed by atoms with Crippen molar-refractivity contribution in [3.8, 4) is 0 Å². The highest BCUT2D eigenvalue weighted by Crippen LogP contribution is 2.42. The van der Waals surface area contributed by atoms with E-state index in [1.165, 1.54) is 0 Å². The number of hydrogen-bond donors (Lipinski definition) is 0. The number of esters is 1. The quantitative estimate of drug-likeness (QED) is 0.372. The van der Waals surface area contributed by atoms with E-state index in [2.05, 4.69) is 6.92 Å². The Morgan fingerprint density at radius 3 is 2.61 bits per heavy atom. The summed E-state index contributed by atoms with van der Waals surface area (Å²) in [5.74, 6) is -1.41. The number of amides is 1. The number of carbonyl (C=O) groups excluding carboxylic acids is 2. The van der Waals surface area contributed by atoms with Gasteiger partial charge in [0.25, 0.3) is 0 Å². The second-order valence-corrected chi connectivity index (χ2v) is 8.28. The van der Waals surface area contributed by atoms with Crippen molar-refractivity contribution in [1.82, 2.24) is 9.55 Å². The van der Waals surface area contributed by atoms with E-state index in [9.17, 15) is 9.59 Å². The summed E-state index contributed by atoms with van der Waals surface area (Å²) < 4.78 is 7.29. The molecule has 0 spiro atoms. The molecule has 1 aromatic heterocycles. The third-order valence-corrected chi connectivity index (χ3v) is 6.24. The van der Waals surface area contributed by atoms with Crippen molar-refractivity contribution < 1.29 is 14.3 Å². The molecule has 6 nitrogen and oxygen atoms in total. The minimum absolute atomic E-state index is 0.184. The second-order valence-electron chi connectivity index (χ2n) is 7.46. The van der Waals surface area contributed by atoms with Crippen LogP contribution >= 0.6 is 23.2 Å². The number of benzene rings is 2. The molecule has 0 bridgehead atoms. The lowest BCUT2D eigenvalue weighted by Crippen LogP contribution is -2.50. The van der Waals surface area contributed by atoms with Gasteiger partial charge in [0.05, 0.1) is 33.7 Å². The predicted octanol–water partition coefficient (Wildman–Crippen LogP) is 5.26. The molecule has 4 rings (SSSR count). The maximum Gasteiger partial charge on any atom is 0.321 e. The van der Waals surface area contributed by atoms with Crippen molar-refractivity contribution in [3.63, 3.8) is 0 Å². The molecule has 0 unspecified atom stereocenters. The highest BCUT2D eigenvalue weighted by atomic mass is 35.5. The van der Waals surface area contributed by atoms with Gasteiger partial charge in [0.15, 0.2) is 5.92 Å². The van der Waals surface area contributed by atoms with Gasteiger partial charge >= 0.3 is 5.97 Å². The summed E-state index contributed by atoms with van der Waals surface area (Å²) in [6.07, 6.45) is 1.70. The van der Waals surface area contributed by atoms with E-state index < -0.39 is 17.9 Å². The number of ether oxygens (including phenoxy) is 1. The van der Waals surface area contributed by atoms with Crippen LogP contribution in [0, 0.1) is 5.92 Å². The first kappa shape index (κ1) is 21.7. The van der Waals surface area contributed by atoms with Gasteiger partial charge in [0, 0.05) is 6.54 Å². The van der Waals surface area contributed by atoms with Crippen LogP contribution < -0.4 is 4.90 Å². The summed E-state index contributed by atoms with van der Waals surface area (Å²) in [5.41, 5.74) is 2.28. The number of para-hydroxylation sites is 2. The third kappa shape index (κ3) is 3.79. The van der Waals surface area contributed by atoms with Crippen LogP contribution in [0.3, 0.4) is 0 Å². The second kappa shape index (κ2) is 8.89. The highest BCUT2D eigenvalue weighted by Gasteiger charge is 2.47. The SMILES string of the molecule is CCCCN1C(=O)[C@@H](C(=O)OCC)[C@@H](c2ccc(Cl)c(Cl)c2)n2c1nc1ccccc12. The number of aromatic nitrogens is 2. The molecule has 1 amide bonds. The predicted molar refractivity (Wildman–Crippen MR) is 122 cm³/mol. The lowest BCUT2D eigenvalue weighted by Gasteiger charge is -2.38. The van der Waals surface area contributed by atoms with Gasteiger partial charge in [-0.2, -0.15) is 0 Å². The number of imidazole rings is 1. The van der Waals surface area contributed by atoms with Crippen LogP contribution in [0.1, 0.15) is 38.3 Å². The monoisotopic (exact) mass is 459 g/mol. The molecule has 2 aromatic carbocycles. The average molecular weight is 460 g/mol. The van der Waals surface area contributed by atoms with Gasteiger partial charge in [-0.3, -0.25) is 14.5 Å². The van der Waals surface area contributed by atoms with Gasteiger partial charge < -0.3 is 9.30 Å². The Labute approximate surface area is 190 Å². The van der Waals surface area contributed by atoms with Crippen LogP contribution in [0.2, 0.25) is 10.0 Å². The Bertz CT molecular complexity index is 1140. The normalized spacial score (nSPS) is 18.3. The molecule has 8 heteroatoms. The maximum atomic E-state index is 13.6. The van der Waals surface area contributed by atoms with Crippen molar-refractivity contribution in [3.05, 3.63) is 58.1 Å². The van der Waals surface area contributed by atoms with Gasteiger partial charge in [0.2, 0.25) is 11.9 Å². The summed E-state index contributed by atoms with van der Waals surface area (Å²) in [6, 6.07) is 12.2. The Morgan fingerprint density at radius 2 is 1.90 bits per heavy atom. The third-order valence-electron chi connectivity index (χ3n) is 5.51. The minimum Gasteiger partial charge on any atom is -0.465 e. The van der Waals surface area contributed by atoms with Crippen molar-refractivity contribution in [1.29, 1.82) is 0 Å². The highest BCUT2D eigenvalue weighted by molar-refractivity contribution is 6.42. The van der Waals surface area contributed by atoms with E-state index >= 15 is 0 Å². The Balaban J connectivity index is 1.99. The average Bonchev–Trinajstić information content (AvgIpc) is 3.13. The first-order chi connectivity index (χ1) is 15.0. The topological polar surface area (TPSA) is 64.4 Å². The molecule has 0 saturated carbocycles. The summed E-state index contributed by atoms with van der Waals surface area (Å²) in [4.78, 5) is 33.1. The van der Waals surface area contributed by atoms with E-state index in [0.29, 0.717) is 28.1 Å². The van der Waals surface area contributed by atoms with Crippen LogP contribution in [0.4, 0.5) is 5.95 Å². The molecule has 3 aromatic rings. The van der Waals surface area contributed by atoms with Gasteiger partial charge in [-0.1, -0.05) is 54.7 Å². The van der Waals surface area contributed by atoms with Crippen molar-refractivity contribution in [2.24, 2.45) is 5.92 Å². The van der Waals surface area contributed by atoms with E-state index in [-0.39, 0.29) is 12.5 Å². The molecule has 2 heterocycles. The molecular formula is C23H23Cl2N3O3. The lowest BCUT2D eigenvalue weighted by molar-refractivity contribution is -0.153. The summed E-state index contributed by atoms with van der Waals surface area (Å²) in [5, 5.41) is 0.758. The van der Waals surface area contributed by atoms with Gasteiger partial charge in [0.1, 0.15) is 0 Å². The number of rotatable bonds is 6. The minimum atomic E-state index is -1.06. The first-order valence-corrected chi connectivity index (χ1v) is 11.1. The number of fused-ring (bicyclic) bond motifs is 3. The lowest BCUT2D eigenvalue weighted by atomic mass is 9.89. The number of unbranched alkanes of at least 4 members (excludes halogenated alkanes) is 1. The van der Waals surface area contributed by atoms with Crippen LogP contribution in [-0.2, 0) is 14.3 Å². The van der Waals surface area contributed by atoms with Gasteiger partial charge in [-0.15, -0.1) is 0 Å². The number of halogens is 2. The molecule has 1 aliphatic heterocycles. The Hall–Kier alpha value is -2.57. The molecule has 1 aliphatic rings. The van der Waals surface area contributed by atoms with Gasteiger partial charge in [-0.05, 0) is 43.2 Å². The Kier molecular flexibility index (Phi) is 6.21. The van der Waals surface area contributed by atoms with Crippen LogP contribution in [0.25, 0.3) is 11.0 Å². The van der Waals surface area contributed by atoms with Crippen molar-refractivity contribution in [2.45, 2.75) is 32.7 Å². The summed E-state index contributed by atoms with van der Waals surface area (Å²) in [7, 11) is 0. The molecular weight excluding hydrogens is 437 g/mol. The molecule has 31 heavy (non-hydrogen) atoms. The standard InChI is InChI=1S/C23H23Cl2N3O3/c1-3-5-12-27-21(29)19(22(30)31-4-2)20(14-10-11-15(24)16(25)13-14)28-18-9-7-6-8-17(18)26-23(27)28/h6-11,13,19-20H,3-5,12H2,1-2H3/t19-,20+/m0/s1. The molecule has 0 N–H and O–H groups in total. The zero-order valence-corrected chi connectivity index (χ0v) is 18.9. The molecule has 0 aliphatic carbocycles. The number of hydrogen-bond acceptors (Lipinski definition) is 4. The van der Waals surface area contributed by atoms with Crippen LogP contribution in [0.5, 0.6) is 0 Å². The van der Waals surface area contributed by atoms with E-state index in [1.807, 2.05) is 28.8 Å². The zero-order chi connectivity index (χ0) is 22.1. The van der Waals surface area contributed by atoms with Crippen LogP contribution in [-0.4, -0.2) is 34.6 Å². The number of anilines is 1. The Morgan fingerprint density at radius 1 is 1.13 bits per heavy atom. The largest absolute Gasteiger partial charge is 0.465 e. The molecule has 162 valence electrons.